The fraction of sp³-hybridized carbons (Fsp3) is 0.483. The molecule has 0 bridgehead atoms. The number of pyridine rings is 2. The van der Waals surface area contributed by atoms with Crippen LogP contribution in [0.25, 0.3) is 22.4 Å². The van der Waals surface area contributed by atoms with Crippen molar-refractivity contribution in [2.45, 2.75) is 71.8 Å². The van der Waals surface area contributed by atoms with Gasteiger partial charge >= 0.3 is 0 Å². The van der Waals surface area contributed by atoms with Crippen LogP contribution in [-0.2, 0) is 19.4 Å². The number of nitrogens with zero attached hydrogens (tertiary/aromatic N) is 6. The monoisotopic (exact) mass is 482 g/mol. The van der Waals surface area contributed by atoms with Crippen molar-refractivity contribution in [3.05, 3.63) is 53.2 Å². The van der Waals surface area contributed by atoms with Crippen LogP contribution in [0.15, 0.2) is 30.7 Å². The Morgan fingerprint density at radius 2 is 1.97 bits per heavy atom. The second kappa shape index (κ2) is 9.85. The summed E-state index contributed by atoms with van der Waals surface area (Å²) in [5.74, 6) is -0.127. The molecule has 0 aromatic carbocycles. The Balaban J connectivity index is 1.53. The first kappa shape index (κ1) is 24.2. The zero-order valence-corrected chi connectivity index (χ0v) is 21.5. The Morgan fingerprint density at radius 3 is 2.75 bits per heavy atom. The molecule has 7 nitrogen and oxygen atoms in total. The number of hydrogen-bond acceptors (Lipinski definition) is 5. The van der Waals surface area contributed by atoms with Gasteiger partial charge in [0.2, 0.25) is 0 Å². The van der Waals surface area contributed by atoms with E-state index in [1.54, 1.807) is 11.9 Å². The second-order valence-electron chi connectivity index (χ2n) is 10.8. The average molecular weight is 483 g/mol. The quantitative estimate of drug-likeness (QED) is 0.452. The second-order valence-corrected chi connectivity index (χ2v) is 10.8. The topological polar surface area (TPSA) is 87.7 Å². The molecular formula is C29H34N6O. The van der Waals surface area contributed by atoms with E-state index in [9.17, 15) is 4.79 Å². The average Bonchev–Trinajstić information content (AvgIpc) is 3.63. The summed E-state index contributed by atoms with van der Waals surface area (Å²) < 4.78 is 2.09. The smallest absolute Gasteiger partial charge is 0.255 e. The van der Waals surface area contributed by atoms with Crippen LogP contribution in [0.4, 0.5) is 0 Å². The highest BCUT2D eigenvalue weighted by atomic mass is 16.2. The number of rotatable bonds is 7. The number of nitriles is 1. The van der Waals surface area contributed by atoms with Gasteiger partial charge in [0.1, 0.15) is 0 Å². The lowest BCUT2D eigenvalue weighted by Crippen LogP contribution is -2.28. The van der Waals surface area contributed by atoms with Gasteiger partial charge in [-0.1, -0.05) is 19.8 Å². The fourth-order valence-electron chi connectivity index (χ4n) is 5.68. The molecule has 0 spiro atoms. The van der Waals surface area contributed by atoms with Crippen molar-refractivity contribution in [3.8, 4) is 28.5 Å². The van der Waals surface area contributed by atoms with Crippen molar-refractivity contribution in [2.75, 3.05) is 13.6 Å². The summed E-state index contributed by atoms with van der Waals surface area (Å²) in [7, 11) is 1.73. The highest BCUT2D eigenvalue weighted by molar-refractivity contribution is 5.96. The van der Waals surface area contributed by atoms with Crippen LogP contribution in [0, 0.1) is 23.7 Å². The molecule has 3 heterocycles. The number of carbonyl (C=O) groups excluding carboxylic acids is 1. The SMILES string of the molecule is Cc1ncc(-c2nc3c(cc2-c2cnn(CC4(C)CCCC4)c2)CCC3)cc1C(=O)N(C)CCC#N. The van der Waals surface area contributed by atoms with Crippen LogP contribution in [0.2, 0.25) is 0 Å². The van der Waals surface area contributed by atoms with Gasteiger partial charge in [0.15, 0.2) is 0 Å². The number of aromatic nitrogens is 4. The van der Waals surface area contributed by atoms with E-state index in [2.05, 4.69) is 34.9 Å². The first-order valence-electron chi connectivity index (χ1n) is 13.0. The predicted molar refractivity (Wildman–Crippen MR) is 139 cm³/mol. The van der Waals surface area contributed by atoms with Gasteiger partial charge in [0.25, 0.3) is 5.91 Å². The maximum atomic E-state index is 13.1. The van der Waals surface area contributed by atoms with E-state index in [-0.39, 0.29) is 5.91 Å². The van der Waals surface area contributed by atoms with E-state index in [0.29, 0.717) is 29.6 Å². The van der Waals surface area contributed by atoms with Gasteiger partial charge in [-0.05, 0) is 62.1 Å². The number of aryl methyl sites for hydroxylation is 3. The highest BCUT2D eigenvalue weighted by Crippen LogP contribution is 2.40. The van der Waals surface area contributed by atoms with Gasteiger partial charge in [-0.15, -0.1) is 0 Å². The summed E-state index contributed by atoms with van der Waals surface area (Å²) in [6.45, 7) is 5.54. The van der Waals surface area contributed by atoms with Crippen LogP contribution in [-0.4, -0.2) is 44.1 Å². The molecule has 2 aliphatic rings. The molecular weight excluding hydrogens is 448 g/mol. The molecule has 3 aromatic rings. The zero-order valence-electron chi connectivity index (χ0n) is 21.5. The molecule has 0 atom stereocenters. The van der Waals surface area contributed by atoms with Crippen molar-refractivity contribution >= 4 is 5.91 Å². The molecule has 0 aliphatic heterocycles. The minimum Gasteiger partial charge on any atom is -0.341 e. The van der Waals surface area contributed by atoms with Crippen molar-refractivity contribution < 1.29 is 4.79 Å². The molecule has 5 rings (SSSR count). The van der Waals surface area contributed by atoms with Gasteiger partial charge in [-0.25, -0.2) is 0 Å². The molecule has 1 amide bonds. The molecule has 2 aliphatic carbocycles. The Kier molecular flexibility index (Phi) is 6.61. The number of amides is 1. The van der Waals surface area contributed by atoms with Crippen LogP contribution in [0.1, 0.15) is 72.8 Å². The van der Waals surface area contributed by atoms with Crippen molar-refractivity contribution in [1.29, 1.82) is 5.26 Å². The zero-order chi connectivity index (χ0) is 25.3. The van der Waals surface area contributed by atoms with Gasteiger partial charge in [0.05, 0.1) is 35.6 Å². The molecule has 0 N–H and O–H groups in total. The van der Waals surface area contributed by atoms with Crippen molar-refractivity contribution in [3.63, 3.8) is 0 Å². The van der Waals surface area contributed by atoms with E-state index in [1.165, 1.54) is 31.2 Å². The van der Waals surface area contributed by atoms with E-state index < -0.39 is 0 Å². The number of fused-ring (bicyclic) bond motifs is 1. The summed E-state index contributed by atoms with van der Waals surface area (Å²) in [5.41, 5.74) is 7.75. The molecule has 0 radical (unpaired) electrons. The largest absolute Gasteiger partial charge is 0.341 e. The summed E-state index contributed by atoms with van der Waals surface area (Å²) in [6.07, 6.45) is 14.5. The Bertz CT molecular complexity index is 1330. The summed E-state index contributed by atoms with van der Waals surface area (Å²) >= 11 is 0. The lowest BCUT2D eigenvalue weighted by atomic mass is 9.89. The Morgan fingerprint density at radius 1 is 1.17 bits per heavy atom. The fourth-order valence-corrected chi connectivity index (χ4v) is 5.68. The molecule has 7 heteroatoms. The van der Waals surface area contributed by atoms with E-state index >= 15 is 0 Å². The maximum Gasteiger partial charge on any atom is 0.255 e. The van der Waals surface area contributed by atoms with Gasteiger partial charge in [-0.3, -0.25) is 19.4 Å². The molecule has 0 unspecified atom stereocenters. The first-order valence-corrected chi connectivity index (χ1v) is 13.0. The lowest BCUT2D eigenvalue weighted by molar-refractivity contribution is 0.0797. The van der Waals surface area contributed by atoms with E-state index in [0.717, 1.165) is 53.9 Å². The minimum atomic E-state index is -0.127. The summed E-state index contributed by atoms with van der Waals surface area (Å²) in [4.78, 5) is 24.4. The normalized spacial score (nSPS) is 16.1. The van der Waals surface area contributed by atoms with Gasteiger partial charge < -0.3 is 4.90 Å². The third-order valence-corrected chi connectivity index (χ3v) is 7.85. The number of hydrogen-bond donors (Lipinski definition) is 0. The molecule has 1 saturated carbocycles. The van der Waals surface area contributed by atoms with Crippen LogP contribution in [0.3, 0.4) is 0 Å². The minimum absolute atomic E-state index is 0.127. The standard InChI is InChI=1S/C29H34N6O/c1-20-24(28(36)34(3)13-7-12-30)15-22(16-31-20)27-25(14-21-8-6-9-26(21)33-27)23-17-32-35(18-23)19-29(2)10-4-5-11-29/h14-18H,4-11,13,19H2,1-3H3. The van der Waals surface area contributed by atoms with Crippen LogP contribution < -0.4 is 0 Å². The third-order valence-electron chi connectivity index (χ3n) is 7.85. The van der Waals surface area contributed by atoms with Crippen molar-refractivity contribution in [1.82, 2.24) is 24.6 Å². The van der Waals surface area contributed by atoms with Gasteiger partial charge in [0, 0.05) is 54.9 Å². The van der Waals surface area contributed by atoms with E-state index in [1.807, 2.05) is 25.4 Å². The number of carbonyl (C=O) groups is 1. The first-order chi connectivity index (χ1) is 17.4. The third kappa shape index (κ3) is 4.77. The summed E-state index contributed by atoms with van der Waals surface area (Å²) in [6, 6.07) is 6.28. The Hall–Kier alpha value is -3.53. The molecule has 186 valence electrons. The predicted octanol–water partition coefficient (Wildman–Crippen LogP) is 5.37. The van der Waals surface area contributed by atoms with E-state index in [4.69, 9.17) is 15.3 Å². The molecule has 36 heavy (non-hydrogen) atoms. The van der Waals surface area contributed by atoms with Crippen molar-refractivity contribution in [2.24, 2.45) is 5.41 Å². The van der Waals surface area contributed by atoms with Crippen LogP contribution >= 0.6 is 0 Å². The Labute approximate surface area is 213 Å². The lowest BCUT2D eigenvalue weighted by Gasteiger charge is -2.23. The molecule has 0 saturated heterocycles. The van der Waals surface area contributed by atoms with Gasteiger partial charge in [-0.2, -0.15) is 10.4 Å². The summed E-state index contributed by atoms with van der Waals surface area (Å²) in [5, 5.41) is 13.6. The molecule has 1 fully saturated rings. The molecule has 3 aromatic heterocycles. The highest BCUT2D eigenvalue weighted by Gasteiger charge is 2.29. The van der Waals surface area contributed by atoms with Crippen LogP contribution in [0.5, 0.6) is 0 Å². The maximum absolute atomic E-state index is 13.1.